The molecular formula is C16H10Cl2N4O. The molecule has 2 aromatic carbocycles. The van der Waals surface area contributed by atoms with Crippen molar-refractivity contribution < 1.29 is 4.74 Å². The second kappa shape index (κ2) is 6.69. The molecule has 0 aliphatic heterocycles. The SMILES string of the molecule is N#Cc1[nH]nnc1-c1cccc(COc2cccc(Cl)c2Cl)c1. The number of aromatic nitrogens is 3. The Morgan fingerprint density at radius 3 is 2.83 bits per heavy atom. The highest BCUT2D eigenvalue weighted by Gasteiger charge is 2.10. The van der Waals surface area contributed by atoms with Crippen molar-refractivity contribution in [3.63, 3.8) is 0 Å². The molecule has 1 heterocycles. The van der Waals surface area contributed by atoms with Gasteiger partial charge in [-0.15, -0.1) is 5.10 Å². The van der Waals surface area contributed by atoms with Crippen LogP contribution in [0.25, 0.3) is 11.3 Å². The minimum atomic E-state index is 0.313. The predicted molar refractivity (Wildman–Crippen MR) is 87.3 cm³/mol. The molecule has 0 saturated carbocycles. The van der Waals surface area contributed by atoms with Crippen LogP contribution in [0.2, 0.25) is 10.0 Å². The van der Waals surface area contributed by atoms with Crippen molar-refractivity contribution in [3.8, 4) is 23.1 Å². The van der Waals surface area contributed by atoms with Gasteiger partial charge in [-0.2, -0.15) is 5.26 Å². The Morgan fingerprint density at radius 2 is 2.00 bits per heavy atom. The highest BCUT2D eigenvalue weighted by molar-refractivity contribution is 6.42. The van der Waals surface area contributed by atoms with E-state index < -0.39 is 0 Å². The first-order valence-electron chi connectivity index (χ1n) is 6.66. The van der Waals surface area contributed by atoms with Gasteiger partial charge < -0.3 is 4.74 Å². The molecule has 3 rings (SSSR count). The first-order chi connectivity index (χ1) is 11.2. The number of benzene rings is 2. The number of aromatic amines is 1. The Balaban J connectivity index is 1.81. The lowest BCUT2D eigenvalue weighted by Crippen LogP contribution is -1.96. The summed E-state index contributed by atoms with van der Waals surface area (Å²) in [4.78, 5) is 0. The first-order valence-corrected chi connectivity index (χ1v) is 7.42. The van der Waals surface area contributed by atoms with Crippen molar-refractivity contribution >= 4 is 23.2 Å². The van der Waals surface area contributed by atoms with E-state index in [1.54, 1.807) is 18.2 Å². The number of nitrogens with zero attached hydrogens (tertiary/aromatic N) is 3. The molecule has 0 atom stereocenters. The Labute approximate surface area is 142 Å². The Hall–Kier alpha value is -2.55. The molecule has 3 aromatic rings. The molecule has 5 nitrogen and oxygen atoms in total. The highest BCUT2D eigenvalue weighted by atomic mass is 35.5. The molecule has 0 bridgehead atoms. The summed E-state index contributed by atoms with van der Waals surface area (Å²) in [5, 5.41) is 20.0. The van der Waals surface area contributed by atoms with Gasteiger partial charge in [-0.25, -0.2) is 5.10 Å². The van der Waals surface area contributed by atoms with Gasteiger partial charge in [-0.1, -0.05) is 52.7 Å². The van der Waals surface area contributed by atoms with Crippen LogP contribution in [-0.4, -0.2) is 15.4 Å². The predicted octanol–water partition coefficient (Wildman–Crippen LogP) is 4.23. The van der Waals surface area contributed by atoms with Crippen molar-refractivity contribution in [2.45, 2.75) is 6.61 Å². The van der Waals surface area contributed by atoms with Crippen LogP contribution < -0.4 is 4.74 Å². The van der Waals surface area contributed by atoms with E-state index in [0.717, 1.165) is 11.1 Å². The molecule has 0 amide bonds. The third kappa shape index (κ3) is 3.29. The van der Waals surface area contributed by atoms with Crippen LogP contribution in [0.5, 0.6) is 5.75 Å². The molecule has 1 aromatic heterocycles. The van der Waals surface area contributed by atoms with Crippen LogP contribution in [0.4, 0.5) is 0 Å². The quantitative estimate of drug-likeness (QED) is 0.768. The van der Waals surface area contributed by atoms with Crippen LogP contribution in [0, 0.1) is 11.3 Å². The molecule has 0 aliphatic carbocycles. The van der Waals surface area contributed by atoms with Crippen LogP contribution in [-0.2, 0) is 6.61 Å². The summed E-state index contributed by atoms with van der Waals surface area (Å²) in [5.74, 6) is 0.517. The summed E-state index contributed by atoms with van der Waals surface area (Å²) >= 11 is 12.1. The second-order valence-electron chi connectivity index (χ2n) is 4.69. The van der Waals surface area contributed by atoms with Gasteiger partial charge >= 0.3 is 0 Å². The van der Waals surface area contributed by atoms with E-state index in [9.17, 15) is 0 Å². The van der Waals surface area contributed by atoms with Crippen LogP contribution in [0.3, 0.4) is 0 Å². The van der Waals surface area contributed by atoms with Crippen LogP contribution in [0.1, 0.15) is 11.3 Å². The van der Waals surface area contributed by atoms with Gasteiger partial charge in [-0.3, -0.25) is 0 Å². The molecular weight excluding hydrogens is 335 g/mol. The smallest absolute Gasteiger partial charge is 0.163 e. The van der Waals surface area contributed by atoms with Gasteiger partial charge in [-0.05, 0) is 23.8 Å². The number of nitrogens with one attached hydrogen (secondary N) is 1. The fraction of sp³-hybridized carbons (Fsp3) is 0.0625. The first kappa shape index (κ1) is 15.3. The molecule has 0 radical (unpaired) electrons. The third-order valence-electron chi connectivity index (χ3n) is 3.17. The van der Waals surface area contributed by atoms with Crippen molar-refractivity contribution in [2.75, 3.05) is 0 Å². The summed E-state index contributed by atoms with van der Waals surface area (Å²) < 4.78 is 5.71. The van der Waals surface area contributed by atoms with Gasteiger partial charge in [0, 0.05) is 5.56 Å². The van der Waals surface area contributed by atoms with E-state index in [1.165, 1.54) is 0 Å². The maximum Gasteiger partial charge on any atom is 0.163 e. The van der Waals surface area contributed by atoms with E-state index in [2.05, 4.69) is 15.4 Å². The monoisotopic (exact) mass is 344 g/mol. The number of nitriles is 1. The van der Waals surface area contributed by atoms with Crippen molar-refractivity contribution in [1.29, 1.82) is 5.26 Å². The van der Waals surface area contributed by atoms with Gasteiger partial charge in [0.1, 0.15) is 29.1 Å². The lowest BCUT2D eigenvalue weighted by molar-refractivity contribution is 0.306. The van der Waals surface area contributed by atoms with Gasteiger partial charge in [0.2, 0.25) is 0 Å². The number of H-pyrrole nitrogens is 1. The van der Waals surface area contributed by atoms with Crippen molar-refractivity contribution in [1.82, 2.24) is 15.4 Å². The number of halogens is 2. The molecule has 0 aliphatic rings. The molecule has 0 unspecified atom stereocenters. The summed E-state index contributed by atoms with van der Waals surface area (Å²) in [6.07, 6.45) is 0. The Bertz CT molecular complexity index is 886. The van der Waals surface area contributed by atoms with E-state index >= 15 is 0 Å². The zero-order valence-corrected chi connectivity index (χ0v) is 13.3. The third-order valence-corrected chi connectivity index (χ3v) is 3.97. The molecule has 0 fully saturated rings. The van der Waals surface area contributed by atoms with Gasteiger partial charge in [0.15, 0.2) is 5.69 Å². The van der Waals surface area contributed by atoms with Gasteiger partial charge in [0.05, 0.1) is 5.02 Å². The highest BCUT2D eigenvalue weighted by Crippen LogP contribution is 2.32. The van der Waals surface area contributed by atoms with E-state index in [0.29, 0.717) is 33.8 Å². The van der Waals surface area contributed by atoms with Crippen LogP contribution in [0.15, 0.2) is 42.5 Å². The number of rotatable bonds is 4. The standard InChI is InChI=1S/C16H10Cl2N4O/c17-12-5-2-6-14(15(12)18)23-9-10-3-1-4-11(7-10)16-13(8-19)20-22-21-16/h1-7H,9H2,(H,20,21,22). The normalized spacial score (nSPS) is 10.3. The number of hydrogen-bond acceptors (Lipinski definition) is 4. The number of hydrogen-bond donors (Lipinski definition) is 1. The largest absolute Gasteiger partial charge is 0.487 e. The zero-order chi connectivity index (χ0) is 16.2. The fourth-order valence-corrected chi connectivity index (χ4v) is 2.42. The minimum Gasteiger partial charge on any atom is -0.487 e. The second-order valence-corrected chi connectivity index (χ2v) is 5.47. The van der Waals surface area contributed by atoms with Crippen molar-refractivity contribution in [3.05, 3.63) is 63.8 Å². The van der Waals surface area contributed by atoms with Gasteiger partial charge in [0.25, 0.3) is 0 Å². The molecule has 0 saturated heterocycles. The molecule has 114 valence electrons. The fourth-order valence-electron chi connectivity index (χ4n) is 2.07. The molecule has 0 spiro atoms. The Kier molecular flexibility index (Phi) is 4.47. The lowest BCUT2D eigenvalue weighted by atomic mass is 10.1. The topological polar surface area (TPSA) is 74.6 Å². The van der Waals surface area contributed by atoms with Crippen LogP contribution >= 0.6 is 23.2 Å². The summed E-state index contributed by atoms with van der Waals surface area (Å²) in [6, 6.07) is 14.8. The lowest BCUT2D eigenvalue weighted by Gasteiger charge is -2.09. The zero-order valence-electron chi connectivity index (χ0n) is 11.8. The number of ether oxygens (including phenoxy) is 1. The molecule has 1 N–H and O–H groups in total. The summed E-state index contributed by atoms with van der Waals surface area (Å²) in [7, 11) is 0. The average molecular weight is 345 g/mol. The molecule has 23 heavy (non-hydrogen) atoms. The minimum absolute atomic E-state index is 0.313. The van der Waals surface area contributed by atoms with Crippen molar-refractivity contribution in [2.24, 2.45) is 0 Å². The van der Waals surface area contributed by atoms with E-state index in [1.807, 2.05) is 30.3 Å². The summed E-state index contributed by atoms with van der Waals surface area (Å²) in [6.45, 7) is 0.313. The Morgan fingerprint density at radius 1 is 1.17 bits per heavy atom. The molecule has 7 heteroatoms. The van der Waals surface area contributed by atoms with E-state index in [-0.39, 0.29) is 0 Å². The van der Waals surface area contributed by atoms with E-state index in [4.69, 9.17) is 33.2 Å². The maximum atomic E-state index is 9.03. The summed E-state index contributed by atoms with van der Waals surface area (Å²) in [5.41, 5.74) is 2.52. The average Bonchev–Trinajstić information content (AvgIpc) is 3.05. The maximum absolute atomic E-state index is 9.03.